The molecule has 1 amide bonds. The predicted molar refractivity (Wildman–Crippen MR) is 108 cm³/mol. The van der Waals surface area contributed by atoms with Crippen molar-refractivity contribution in [1.82, 2.24) is 5.32 Å². The van der Waals surface area contributed by atoms with E-state index in [1.54, 1.807) is 24.3 Å². The summed E-state index contributed by atoms with van der Waals surface area (Å²) < 4.78 is 0. The second-order valence-electron chi connectivity index (χ2n) is 6.73. The van der Waals surface area contributed by atoms with E-state index in [9.17, 15) is 10.1 Å². The van der Waals surface area contributed by atoms with Crippen LogP contribution in [-0.4, -0.2) is 5.91 Å². The third-order valence-electron chi connectivity index (χ3n) is 4.84. The molecule has 27 heavy (non-hydrogen) atoms. The van der Waals surface area contributed by atoms with Crippen molar-refractivity contribution >= 4 is 23.2 Å². The topological polar surface area (TPSA) is 64.9 Å². The normalized spacial score (nSPS) is 14.6. The molecule has 2 N–H and O–H groups in total. The maximum atomic E-state index is 12.3. The molecule has 0 heterocycles. The van der Waals surface area contributed by atoms with Crippen LogP contribution in [-0.2, 0) is 17.6 Å². The van der Waals surface area contributed by atoms with Gasteiger partial charge in [-0.05, 0) is 61.4 Å². The highest BCUT2D eigenvalue weighted by molar-refractivity contribution is 6.33. The molecule has 1 unspecified atom stereocenters. The molecule has 3 rings (SSSR count). The smallest absolute Gasteiger partial charge is 0.267 e. The van der Waals surface area contributed by atoms with Gasteiger partial charge in [0.1, 0.15) is 11.6 Å². The van der Waals surface area contributed by atoms with E-state index >= 15 is 0 Å². The van der Waals surface area contributed by atoms with Gasteiger partial charge in [-0.1, -0.05) is 41.9 Å². The Kier molecular flexibility index (Phi) is 6.16. The van der Waals surface area contributed by atoms with Crippen LogP contribution in [0.15, 0.2) is 54.2 Å². The summed E-state index contributed by atoms with van der Waals surface area (Å²) in [5.74, 6) is -0.490. The first kappa shape index (κ1) is 19.0. The number of nitriles is 1. The minimum absolute atomic E-state index is 0.000250. The fourth-order valence-corrected chi connectivity index (χ4v) is 3.41. The molecule has 0 bridgehead atoms. The molecule has 0 saturated carbocycles. The minimum atomic E-state index is -0.490. The van der Waals surface area contributed by atoms with Gasteiger partial charge in [-0.25, -0.2) is 0 Å². The highest BCUT2D eigenvalue weighted by Crippen LogP contribution is 2.25. The Morgan fingerprint density at radius 1 is 1.19 bits per heavy atom. The van der Waals surface area contributed by atoms with Crippen LogP contribution in [0.5, 0.6) is 0 Å². The molecule has 1 atom stereocenters. The van der Waals surface area contributed by atoms with Gasteiger partial charge in [0.15, 0.2) is 0 Å². The molecule has 4 nitrogen and oxygen atoms in total. The lowest BCUT2D eigenvalue weighted by atomic mass is 9.89. The number of amides is 1. The molecule has 1 aliphatic carbocycles. The second-order valence-corrected chi connectivity index (χ2v) is 7.13. The SMILES string of the molecule is CC(N/C=C(/C#N)C(=O)Nc1ccccc1Cl)c1ccc2c(c1)CCCC2. The number of aryl methyl sites for hydroxylation is 2. The van der Waals surface area contributed by atoms with E-state index in [0.29, 0.717) is 10.7 Å². The van der Waals surface area contributed by atoms with Crippen molar-refractivity contribution < 1.29 is 4.79 Å². The molecule has 0 aliphatic heterocycles. The first-order valence-electron chi connectivity index (χ1n) is 9.12. The standard InChI is InChI=1S/C22H22ClN3O/c1-15(17-11-10-16-6-2-3-7-18(16)12-17)25-14-19(13-24)22(27)26-21-9-5-4-8-20(21)23/h4-5,8-12,14-15,25H,2-3,6-7H2,1H3,(H,26,27)/b19-14-. The quantitative estimate of drug-likeness (QED) is 0.572. The van der Waals surface area contributed by atoms with Gasteiger partial charge in [-0.2, -0.15) is 5.26 Å². The van der Waals surface area contributed by atoms with E-state index in [1.165, 1.54) is 30.2 Å². The maximum Gasteiger partial charge on any atom is 0.267 e. The summed E-state index contributed by atoms with van der Waals surface area (Å²) in [4.78, 5) is 12.3. The van der Waals surface area contributed by atoms with Gasteiger partial charge in [-0.15, -0.1) is 0 Å². The van der Waals surface area contributed by atoms with Gasteiger partial charge in [0, 0.05) is 12.2 Å². The number of nitrogens with zero attached hydrogens (tertiary/aromatic N) is 1. The average molecular weight is 380 g/mol. The summed E-state index contributed by atoms with van der Waals surface area (Å²) >= 11 is 6.05. The molecule has 2 aromatic carbocycles. The monoisotopic (exact) mass is 379 g/mol. The van der Waals surface area contributed by atoms with Crippen molar-refractivity contribution in [2.75, 3.05) is 5.32 Å². The van der Waals surface area contributed by atoms with Crippen molar-refractivity contribution in [2.45, 2.75) is 38.6 Å². The van der Waals surface area contributed by atoms with Crippen molar-refractivity contribution in [1.29, 1.82) is 5.26 Å². The summed E-state index contributed by atoms with van der Waals surface area (Å²) in [5, 5.41) is 15.6. The molecule has 0 fully saturated rings. The molecule has 138 valence electrons. The number of carbonyl (C=O) groups is 1. The molecule has 1 aliphatic rings. The summed E-state index contributed by atoms with van der Waals surface area (Å²) in [5.41, 5.74) is 4.47. The number of nitrogens with one attached hydrogen (secondary N) is 2. The molecule has 5 heteroatoms. The first-order chi connectivity index (χ1) is 13.1. The molecule has 0 aromatic heterocycles. The van der Waals surface area contributed by atoms with Gasteiger partial charge < -0.3 is 10.6 Å². The number of halogens is 1. The zero-order chi connectivity index (χ0) is 19.2. The highest BCUT2D eigenvalue weighted by atomic mass is 35.5. The van der Waals surface area contributed by atoms with Gasteiger partial charge in [0.25, 0.3) is 5.91 Å². The molecular formula is C22H22ClN3O. The fraction of sp³-hybridized carbons (Fsp3) is 0.273. The van der Waals surface area contributed by atoms with Crippen LogP contribution in [0.4, 0.5) is 5.69 Å². The number of para-hydroxylation sites is 1. The zero-order valence-electron chi connectivity index (χ0n) is 15.3. The van der Waals surface area contributed by atoms with E-state index in [1.807, 2.05) is 13.0 Å². The van der Waals surface area contributed by atoms with Crippen LogP contribution in [0.3, 0.4) is 0 Å². The molecular weight excluding hydrogens is 358 g/mol. The number of rotatable bonds is 5. The van der Waals surface area contributed by atoms with E-state index in [0.717, 1.165) is 18.4 Å². The Hall–Kier alpha value is -2.77. The molecule has 0 saturated heterocycles. The zero-order valence-corrected chi connectivity index (χ0v) is 16.0. The Balaban J connectivity index is 1.68. The van der Waals surface area contributed by atoms with Crippen LogP contribution in [0, 0.1) is 11.3 Å². The van der Waals surface area contributed by atoms with Gasteiger partial charge in [-0.3, -0.25) is 4.79 Å². The van der Waals surface area contributed by atoms with Crippen LogP contribution in [0.25, 0.3) is 0 Å². The molecule has 0 spiro atoms. The first-order valence-corrected chi connectivity index (χ1v) is 9.50. The summed E-state index contributed by atoms with van der Waals surface area (Å²) in [6, 6.07) is 15.4. The lowest BCUT2D eigenvalue weighted by Gasteiger charge is -2.19. The van der Waals surface area contributed by atoms with Gasteiger partial charge >= 0.3 is 0 Å². The van der Waals surface area contributed by atoms with Gasteiger partial charge in [0.2, 0.25) is 0 Å². The van der Waals surface area contributed by atoms with Crippen LogP contribution < -0.4 is 10.6 Å². The van der Waals surface area contributed by atoms with Gasteiger partial charge in [0.05, 0.1) is 10.7 Å². The second kappa shape index (κ2) is 8.75. The number of anilines is 1. The number of carbonyl (C=O) groups excluding carboxylic acids is 1. The van der Waals surface area contributed by atoms with Crippen LogP contribution in [0.1, 0.15) is 42.5 Å². The van der Waals surface area contributed by atoms with Crippen LogP contribution >= 0.6 is 11.6 Å². The minimum Gasteiger partial charge on any atom is -0.383 e. The van der Waals surface area contributed by atoms with Crippen molar-refractivity contribution in [3.63, 3.8) is 0 Å². The van der Waals surface area contributed by atoms with Crippen molar-refractivity contribution in [3.05, 3.63) is 76.0 Å². The number of hydrogen-bond donors (Lipinski definition) is 2. The maximum absolute atomic E-state index is 12.3. The van der Waals surface area contributed by atoms with Crippen LogP contribution in [0.2, 0.25) is 5.02 Å². The Labute approximate surface area is 164 Å². The lowest BCUT2D eigenvalue weighted by molar-refractivity contribution is -0.112. The van der Waals surface area contributed by atoms with E-state index in [4.69, 9.17) is 11.6 Å². The third-order valence-corrected chi connectivity index (χ3v) is 5.17. The Morgan fingerprint density at radius 2 is 1.93 bits per heavy atom. The largest absolute Gasteiger partial charge is 0.383 e. The fourth-order valence-electron chi connectivity index (χ4n) is 3.23. The molecule has 0 radical (unpaired) electrons. The van der Waals surface area contributed by atoms with E-state index in [2.05, 4.69) is 28.8 Å². The third kappa shape index (κ3) is 4.69. The predicted octanol–water partition coefficient (Wildman–Crippen LogP) is 4.92. The highest BCUT2D eigenvalue weighted by Gasteiger charge is 2.14. The Bertz CT molecular complexity index is 914. The lowest BCUT2D eigenvalue weighted by Crippen LogP contribution is -2.19. The summed E-state index contributed by atoms with van der Waals surface area (Å²) in [6.45, 7) is 2.02. The average Bonchev–Trinajstić information content (AvgIpc) is 2.69. The summed E-state index contributed by atoms with van der Waals surface area (Å²) in [7, 11) is 0. The summed E-state index contributed by atoms with van der Waals surface area (Å²) in [6.07, 6.45) is 6.23. The molecule has 2 aromatic rings. The van der Waals surface area contributed by atoms with Crippen molar-refractivity contribution in [2.24, 2.45) is 0 Å². The van der Waals surface area contributed by atoms with E-state index in [-0.39, 0.29) is 11.6 Å². The van der Waals surface area contributed by atoms with E-state index < -0.39 is 5.91 Å². The Morgan fingerprint density at radius 3 is 2.67 bits per heavy atom. The number of hydrogen-bond acceptors (Lipinski definition) is 3. The van der Waals surface area contributed by atoms with Crippen molar-refractivity contribution in [3.8, 4) is 6.07 Å². The number of benzene rings is 2. The number of fused-ring (bicyclic) bond motifs is 1.